The summed E-state index contributed by atoms with van der Waals surface area (Å²) in [5.41, 5.74) is 3.16. The van der Waals surface area contributed by atoms with Gasteiger partial charge in [-0.3, -0.25) is 9.59 Å². The average Bonchev–Trinajstić information content (AvgIpc) is 3.46. The lowest BCUT2D eigenvalue weighted by atomic mass is 10.0. The number of aryl methyl sites for hydroxylation is 1. The molecule has 32 heavy (non-hydrogen) atoms. The molecule has 3 heterocycles. The van der Waals surface area contributed by atoms with Crippen LogP contribution in [0.15, 0.2) is 79.4 Å². The van der Waals surface area contributed by atoms with Crippen LogP contribution in [0.1, 0.15) is 32.8 Å². The van der Waals surface area contributed by atoms with E-state index in [4.69, 9.17) is 0 Å². The largest absolute Gasteiger partial charge is 0.351 e. The highest BCUT2D eigenvalue weighted by molar-refractivity contribution is 5.94. The van der Waals surface area contributed by atoms with Crippen molar-refractivity contribution in [3.63, 3.8) is 0 Å². The molecule has 0 saturated carbocycles. The van der Waals surface area contributed by atoms with Crippen LogP contribution in [0.2, 0.25) is 0 Å². The predicted molar refractivity (Wildman–Crippen MR) is 124 cm³/mol. The molecule has 0 aliphatic carbocycles. The number of pyridine rings is 1. The van der Waals surface area contributed by atoms with E-state index in [1.807, 2.05) is 61.2 Å². The third-order valence-corrected chi connectivity index (χ3v) is 5.76. The van der Waals surface area contributed by atoms with Crippen LogP contribution in [0.3, 0.4) is 0 Å². The molecule has 1 aromatic carbocycles. The fraction of sp³-hybridized carbons (Fsp3) is 0.240. The second-order valence-electron chi connectivity index (χ2n) is 7.92. The normalized spacial score (nSPS) is 11.9. The molecule has 1 atom stereocenters. The summed E-state index contributed by atoms with van der Waals surface area (Å²) in [7, 11) is 3.67. The first-order chi connectivity index (χ1) is 15.5. The molecule has 1 unspecified atom stereocenters. The Hall–Kier alpha value is -3.87. The molecular weight excluding hydrogens is 402 g/mol. The van der Waals surface area contributed by atoms with E-state index in [-0.39, 0.29) is 17.9 Å². The number of amides is 2. The van der Waals surface area contributed by atoms with Crippen LogP contribution in [-0.2, 0) is 13.5 Å². The van der Waals surface area contributed by atoms with Gasteiger partial charge in [0.1, 0.15) is 11.3 Å². The molecule has 2 amide bonds. The van der Waals surface area contributed by atoms with Gasteiger partial charge >= 0.3 is 0 Å². The summed E-state index contributed by atoms with van der Waals surface area (Å²) in [5.74, 6) is -0.175. The first-order valence-corrected chi connectivity index (χ1v) is 10.7. The zero-order chi connectivity index (χ0) is 22.5. The monoisotopic (exact) mass is 429 g/mol. The minimum absolute atomic E-state index is 0.0599. The second kappa shape index (κ2) is 9.51. The van der Waals surface area contributed by atoms with Gasteiger partial charge in [0, 0.05) is 51.5 Å². The van der Waals surface area contributed by atoms with E-state index in [0.29, 0.717) is 30.6 Å². The molecule has 0 bridgehead atoms. The van der Waals surface area contributed by atoms with Crippen molar-refractivity contribution in [1.29, 1.82) is 0 Å². The van der Waals surface area contributed by atoms with E-state index in [0.717, 1.165) is 11.2 Å². The summed E-state index contributed by atoms with van der Waals surface area (Å²) in [5, 5.41) is 2.99. The van der Waals surface area contributed by atoms with Crippen LogP contribution in [-0.4, -0.2) is 50.3 Å². The molecule has 4 aromatic rings. The van der Waals surface area contributed by atoms with Gasteiger partial charge in [0.2, 0.25) is 0 Å². The lowest BCUT2D eigenvalue weighted by molar-refractivity contribution is 0.0722. The number of nitrogens with zero attached hydrogens (tertiary/aromatic N) is 4. The van der Waals surface area contributed by atoms with E-state index >= 15 is 0 Å². The number of benzene rings is 1. The van der Waals surface area contributed by atoms with Crippen molar-refractivity contribution in [2.75, 3.05) is 13.6 Å². The SMILES string of the molecule is CN(C(=O)c1ccc2nccn2c1)C(CCNC(=O)c1cccn1C)Cc1ccccc1. The Bertz CT molecular complexity index is 1210. The lowest BCUT2D eigenvalue weighted by Crippen LogP contribution is -2.41. The number of carbonyl (C=O) groups excluding carboxylic acids is 2. The highest BCUT2D eigenvalue weighted by atomic mass is 16.2. The van der Waals surface area contributed by atoms with Crippen molar-refractivity contribution < 1.29 is 9.59 Å². The van der Waals surface area contributed by atoms with Crippen LogP contribution in [0, 0.1) is 0 Å². The topological polar surface area (TPSA) is 71.6 Å². The Morgan fingerprint density at radius 2 is 1.88 bits per heavy atom. The van der Waals surface area contributed by atoms with Gasteiger partial charge in [-0.1, -0.05) is 30.3 Å². The Labute approximate surface area is 187 Å². The minimum Gasteiger partial charge on any atom is -0.351 e. The van der Waals surface area contributed by atoms with Gasteiger partial charge in [-0.25, -0.2) is 4.98 Å². The van der Waals surface area contributed by atoms with E-state index in [2.05, 4.69) is 22.4 Å². The molecule has 7 nitrogen and oxygen atoms in total. The molecular formula is C25H27N5O2. The molecule has 0 fully saturated rings. The number of hydrogen-bond acceptors (Lipinski definition) is 3. The number of likely N-dealkylation sites (N-methyl/N-ethyl adjacent to an activating group) is 1. The van der Waals surface area contributed by atoms with Crippen molar-refractivity contribution in [3.05, 3.63) is 96.2 Å². The summed E-state index contributed by atoms with van der Waals surface area (Å²) in [6, 6.07) is 17.3. The van der Waals surface area contributed by atoms with E-state index in [1.165, 1.54) is 0 Å². The maximum atomic E-state index is 13.3. The zero-order valence-corrected chi connectivity index (χ0v) is 18.3. The van der Waals surface area contributed by atoms with Gasteiger partial charge < -0.3 is 19.2 Å². The van der Waals surface area contributed by atoms with Gasteiger partial charge in [-0.15, -0.1) is 0 Å². The fourth-order valence-electron chi connectivity index (χ4n) is 3.87. The van der Waals surface area contributed by atoms with Crippen LogP contribution in [0.25, 0.3) is 5.65 Å². The Balaban J connectivity index is 1.48. The van der Waals surface area contributed by atoms with Crippen LogP contribution in [0.5, 0.6) is 0 Å². The molecule has 3 aromatic heterocycles. The maximum absolute atomic E-state index is 13.3. The van der Waals surface area contributed by atoms with E-state index in [9.17, 15) is 9.59 Å². The van der Waals surface area contributed by atoms with Gasteiger partial charge in [-0.2, -0.15) is 0 Å². The van der Waals surface area contributed by atoms with E-state index in [1.54, 1.807) is 34.0 Å². The number of nitrogens with one attached hydrogen (secondary N) is 1. The number of hydrogen-bond donors (Lipinski definition) is 1. The first kappa shape index (κ1) is 21.4. The van der Waals surface area contributed by atoms with Crippen molar-refractivity contribution in [2.45, 2.75) is 18.9 Å². The predicted octanol–water partition coefficient (Wildman–Crippen LogP) is 3.18. The molecule has 1 N–H and O–H groups in total. The summed E-state index contributed by atoms with van der Waals surface area (Å²) in [4.78, 5) is 31.8. The molecule has 7 heteroatoms. The molecule has 0 radical (unpaired) electrons. The standard InChI is InChI=1S/C25H27N5O2/c1-28-15-6-9-22(28)24(31)27-13-12-21(17-19-7-4-3-5-8-19)29(2)25(32)20-10-11-23-26-14-16-30(23)18-20/h3-11,14-16,18,21H,12-13,17H2,1-2H3,(H,27,31). The van der Waals surface area contributed by atoms with Crippen molar-refractivity contribution >= 4 is 17.5 Å². The quantitative estimate of drug-likeness (QED) is 0.468. The molecule has 0 aliphatic heterocycles. The maximum Gasteiger partial charge on any atom is 0.267 e. The summed E-state index contributed by atoms with van der Waals surface area (Å²) >= 11 is 0. The number of rotatable bonds is 8. The van der Waals surface area contributed by atoms with Gasteiger partial charge in [0.05, 0.1) is 5.56 Å². The average molecular weight is 430 g/mol. The molecule has 0 saturated heterocycles. The molecule has 4 rings (SSSR count). The molecule has 0 spiro atoms. The highest BCUT2D eigenvalue weighted by Gasteiger charge is 2.22. The van der Waals surface area contributed by atoms with Crippen molar-refractivity contribution in [3.8, 4) is 0 Å². The number of carbonyl (C=O) groups is 2. The van der Waals surface area contributed by atoms with Gasteiger partial charge in [0.25, 0.3) is 11.8 Å². The summed E-state index contributed by atoms with van der Waals surface area (Å²) in [6.07, 6.45) is 8.53. The number of aromatic nitrogens is 3. The highest BCUT2D eigenvalue weighted by Crippen LogP contribution is 2.15. The minimum atomic E-state index is -0.115. The fourth-order valence-corrected chi connectivity index (χ4v) is 3.87. The third-order valence-electron chi connectivity index (χ3n) is 5.76. The van der Waals surface area contributed by atoms with Gasteiger partial charge in [-0.05, 0) is 42.7 Å². The smallest absolute Gasteiger partial charge is 0.267 e. The summed E-state index contributed by atoms with van der Waals surface area (Å²) < 4.78 is 3.63. The van der Waals surface area contributed by atoms with Gasteiger partial charge in [0.15, 0.2) is 0 Å². The van der Waals surface area contributed by atoms with Crippen LogP contribution < -0.4 is 5.32 Å². The Morgan fingerprint density at radius 1 is 1.06 bits per heavy atom. The Morgan fingerprint density at radius 3 is 2.62 bits per heavy atom. The van der Waals surface area contributed by atoms with E-state index < -0.39 is 0 Å². The van der Waals surface area contributed by atoms with Crippen molar-refractivity contribution in [1.82, 2.24) is 24.2 Å². The summed E-state index contributed by atoms with van der Waals surface area (Å²) in [6.45, 7) is 0.472. The lowest BCUT2D eigenvalue weighted by Gasteiger charge is -2.29. The Kier molecular flexibility index (Phi) is 6.35. The second-order valence-corrected chi connectivity index (χ2v) is 7.92. The zero-order valence-electron chi connectivity index (χ0n) is 18.3. The third kappa shape index (κ3) is 4.72. The molecule has 164 valence electrons. The number of fused-ring (bicyclic) bond motifs is 1. The van der Waals surface area contributed by atoms with Crippen molar-refractivity contribution in [2.24, 2.45) is 7.05 Å². The first-order valence-electron chi connectivity index (χ1n) is 10.7. The number of imidazole rings is 1. The van der Waals surface area contributed by atoms with Crippen LogP contribution in [0.4, 0.5) is 0 Å². The van der Waals surface area contributed by atoms with Crippen LogP contribution >= 0.6 is 0 Å². The molecule has 0 aliphatic rings.